The smallest absolute Gasteiger partial charge is 0.197 e. The second-order valence-electron chi connectivity index (χ2n) is 4.27. The summed E-state index contributed by atoms with van der Waals surface area (Å²) in [5.74, 6) is -0.650. The second kappa shape index (κ2) is 4.31. The van der Waals surface area contributed by atoms with Gasteiger partial charge in [0.1, 0.15) is 34.0 Å². The van der Waals surface area contributed by atoms with Crippen molar-refractivity contribution in [2.45, 2.75) is 0 Å². The van der Waals surface area contributed by atoms with Crippen LogP contribution in [0.5, 0.6) is 17.2 Å². The molecule has 0 radical (unpaired) electrons. The quantitative estimate of drug-likeness (QED) is 0.632. The summed E-state index contributed by atoms with van der Waals surface area (Å²) in [5.41, 5.74) is -0.284. The third-order valence-corrected chi connectivity index (χ3v) is 2.86. The summed E-state index contributed by atoms with van der Waals surface area (Å²) in [6.07, 6.45) is 0. The molecule has 0 saturated carbocycles. The van der Waals surface area contributed by atoms with E-state index in [4.69, 9.17) is 5.79 Å². The van der Waals surface area contributed by atoms with Gasteiger partial charge in [0, 0.05) is 23.7 Å². The molecule has 0 fully saturated rings. The highest BCUT2D eigenvalue weighted by Gasteiger charge is 2.11. The zero-order chi connectivity index (χ0) is 15.1. The van der Waals surface area contributed by atoms with Crippen LogP contribution in [0.3, 0.4) is 0 Å². The summed E-state index contributed by atoms with van der Waals surface area (Å²) in [4.78, 5) is 12.2. The van der Waals surface area contributed by atoms with Crippen LogP contribution in [0.1, 0.15) is 1.37 Å². The van der Waals surface area contributed by atoms with Gasteiger partial charge in [-0.2, -0.15) is 0 Å². The van der Waals surface area contributed by atoms with Gasteiger partial charge in [0.15, 0.2) is 5.43 Å². The van der Waals surface area contributed by atoms with E-state index in [1.807, 2.05) is 0 Å². The molecule has 0 bridgehead atoms. The molecule has 5 nitrogen and oxygen atoms in total. The van der Waals surface area contributed by atoms with Gasteiger partial charge in [-0.25, -0.2) is 0 Å². The first-order valence-corrected chi connectivity index (χ1v) is 5.76. The Morgan fingerprint density at radius 3 is 2.40 bits per heavy atom. The Balaban J connectivity index is 2.37. The highest BCUT2D eigenvalue weighted by Crippen LogP contribution is 2.30. The molecule has 100 valence electrons. The first-order chi connectivity index (χ1) is 9.97. The van der Waals surface area contributed by atoms with E-state index in [1.54, 1.807) is 0 Å². The van der Waals surface area contributed by atoms with E-state index in [9.17, 15) is 20.1 Å². The van der Waals surface area contributed by atoms with Crippen molar-refractivity contribution in [1.82, 2.24) is 0 Å². The van der Waals surface area contributed by atoms with Crippen LogP contribution in [0.15, 0.2) is 51.7 Å². The number of hydrogen-bond acceptors (Lipinski definition) is 5. The molecule has 0 aliphatic heterocycles. The fourth-order valence-electron chi connectivity index (χ4n) is 1.94. The van der Waals surface area contributed by atoms with Gasteiger partial charge in [0.05, 0.1) is 1.37 Å². The van der Waals surface area contributed by atoms with Crippen molar-refractivity contribution in [3.8, 4) is 28.6 Å². The number of rotatable bonds is 1. The second-order valence-corrected chi connectivity index (χ2v) is 4.27. The average Bonchev–Trinajstić information content (AvgIpc) is 2.43. The van der Waals surface area contributed by atoms with Crippen molar-refractivity contribution in [2.75, 3.05) is 0 Å². The van der Waals surface area contributed by atoms with Crippen molar-refractivity contribution in [1.29, 1.82) is 0 Å². The fraction of sp³-hybridized carbons (Fsp3) is 0. The Kier molecular flexibility index (Phi) is 2.35. The molecule has 0 aliphatic rings. The van der Waals surface area contributed by atoms with Gasteiger partial charge >= 0.3 is 0 Å². The van der Waals surface area contributed by atoms with Crippen LogP contribution in [-0.2, 0) is 0 Å². The van der Waals surface area contributed by atoms with Gasteiger partial charge in [-0.1, -0.05) is 0 Å². The minimum absolute atomic E-state index is 0.00231. The van der Waals surface area contributed by atoms with Crippen LogP contribution in [0.4, 0.5) is 0 Å². The highest BCUT2D eigenvalue weighted by atomic mass is 16.3. The number of phenolic OH excluding ortho intramolecular Hbond substituents is 3. The molecule has 20 heavy (non-hydrogen) atoms. The predicted molar refractivity (Wildman–Crippen MR) is 72.9 cm³/mol. The van der Waals surface area contributed by atoms with E-state index in [0.29, 0.717) is 5.56 Å². The molecule has 3 N–H and O–H groups in total. The molecule has 0 atom stereocenters. The van der Waals surface area contributed by atoms with E-state index in [2.05, 4.69) is 0 Å². The third-order valence-electron chi connectivity index (χ3n) is 2.86. The average molecular weight is 271 g/mol. The first kappa shape index (κ1) is 10.9. The van der Waals surface area contributed by atoms with E-state index < -0.39 is 17.2 Å². The third kappa shape index (κ3) is 1.95. The summed E-state index contributed by atoms with van der Waals surface area (Å²) in [7, 11) is 0. The SMILES string of the molecule is [2H]c1c(-c2ccc(O)cc2)oc2cc(O)cc(O)c2c1=O. The minimum Gasteiger partial charge on any atom is -0.508 e. The van der Waals surface area contributed by atoms with Crippen molar-refractivity contribution < 1.29 is 21.1 Å². The molecule has 3 rings (SSSR count). The largest absolute Gasteiger partial charge is 0.508 e. The molecule has 5 heteroatoms. The lowest BCUT2D eigenvalue weighted by Crippen LogP contribution is -2.00. The summed E-state index contributed by atoms with van der Waals surface area (Å²) < 4.78 is 13.3. The maximum atomic E-state index is 12.2. The molecule has 1 heterocycles. The summed E-state index contributed by atoms with van der Waals surface area (Å²) in [6, 6.07) is 7.60. The molecular weight excluding hydrogens is 260 g/mol. The van der Waals surface area contributed by atoms with Crippen LogP contribution in [-0.4, -0.2) is 15.3 Å². The molecule has 0 unspecified atom stereocenters. The van der Waals surface area contributed by atoms with E-state index in [-0.39, 0.29) is 28.2 Å². The number of hydrogen-bond donors (Lipinski definition) is 3. The van der Waals surface area contributed by atoms with Crippen molar-refractivity contribution in [3.63, 3.8) is 0 Å². The zero-order valence-electron chi connectivity index (χ0n) is 11.1. The number of phenols is 3. The van der Waals surface area contributed by atoms with E-state index in [1.165, 1.54) is 30.3 Å². The van der Waals surface area contributed by atoms with Gasteiger partial charge in [0.25, 0.3) is 0 Å². The van der Waals surface area contributed by atoms with Gasteiger partial charge in [0.2, 0.25) is 0 Å². The fourth-order valence-corrected chi connectivity index (χ4v) is 1.94. The van der Waals surface area contributed by atoms with E-state index >= 15 is 0 Å². The van der Waals surface area contributed by atoms with Crippen molar-refractivity contribution in [2.24, 2.45) is 0 Å². The molecule has 2 aromatic carbocycles. The maximum absolute atomic E-state index is 12.2. The summed E-state index contributed by atoms with van der Waals surface area (Å²) in [5, 5.41) is 28.3. The topological polar surface area (TPSA) is 90.9 Å². The molecule has 0 saturated heterocycles. The predicted octanol–water partition coefficient (Wildman–Crippen LogP) is 2.58. The molecule has 1 aromatic heterocycles. The normalized spacial score (nSPS) is 11.5. The Morgan fingerprint density at radius 1 is 1.00 bits per heavy atom. The standard InChI is InChI=1S/C15H10O5/c16-9-3-1-8(2-4-9)13-7-12(19)15-11(18)5-10(17)6-14(15)20-13/h1-7,16-18H/i7D. The molecular formula is C15H10O5. The van der Waals surface area contributed by atoms with Crippen LogP contribution in [0, 0.1) is 0 Å². The Hall–Kier alpha value is -2.95. The van der Waals surface area contributed by atoms with Crippen LogP contribution < -0.4 is 5.43 Å². The Bertz CT molecular complexity index is 897. The lowest BCUT2D eigenvalue weighted by atomic mass is 10.1. The van der Waals surface area contributed by atoms with Crippen LogP contribution in [0.2, 0.25) is 0 Å². The molecule has 0 amide bonds. The van der Waals surface area contributed by atoms with E-state index in [0.717, 1.165) is 6.07 Å². The molecule has 0 spiro atoms. The number of benzene rings is 2. The number of fused-ring (bicyclic) bond motifs is 1. The van der Waals surface area contributed by atoms with Gasteiger partial charge < -0.3 is 19.7 Å². The first-order valence-electron chi connectivity index (χ1n) is 6.26. The van der Waals surface area contributed by atoms with Crippen LogP contribution >= 0.6 is 0 Å². The van der Waals surface area contributed by atoms with Gasteiger partial charge in [-0.3, -0.25) is 4.79 Å². The summed E-state index contributed by atoms with van der Waals surface area (Å²) >= 11 is 0. The van der Waals surface area contributed by atoms with Crippen LogP contribution in [0.25, 0.3) is 22.3 Å². The lowest BCUT2D eigenvalue weighted by molar-refractivity contribution is 0.452. The van der Waals surface area contributed by atoms with Gasteiger partial charge in [-0.15, -0.1) is 0 Å². The molecule has 0 aliphatic carbocycles. The monoisotopic (exact) mass is 271 g/mol. The lowest BCUT2D eigenvalue weighted by Gasteiger charge is -2.05. The van der Waals surface area contributed by atoms with Gasteiger partial charge in [-0.05, 0) is 24.3 Å². The number of aromatic hydroxyl groups is 3. The minimum atomic E-state index is -0.697. The molecule has 3 aromatic rings. The Morgan fingerprint density at radius 2 is 1.70 bits per heavy atom. The van der Waals surface area contributed by atoms with Crippen molar-refractivity contribution >= 4 is 11.0 Å². The maximum Gasteiger partial charge on any atom is 0.197 e. The van der Waals surface area contributed by atoms with Crippen molar-refractivity contribution in [3.05, 3.63) is 52.7 Å². The summed E-state index contributed by atoms with van der Waals surface area (Å²) in [6.45, 7) is 0. The Labute approximate surface area is 114 Å². The zero-order valence-corrected chi connectivity index (χ0v) is 10.1. The highest BCUT2D eigenvalue weighted by molar-refractivity contribution is 5.85.